The Hall–Kier alpha value is -1.87. The van der Waals surface area contributed by atoms with Gasteiger partial charge in [-0.25, -0.2) is 8.42 Å². The second kappa shape index (κ2) is 6.56. The van der Waals surface area contributed by atoms with Crippen molar-refractivity contribution in [3.8, 4) is 0 Å². The maximum atomic E-state index is 12.9. The quantitative estimate of drug-likeness (QED) is 0.810. The van der Waals surface area contributed by atoms with Crippen LogP contribution >= 0.6 is 15.9 Å². The fourth-order valence-electron chi connectivity index (χ4n) is 2.00. The molecule has 24 heavy (non-hydrogen) atoms. The second-order valence-electron chi connectivity index (χ2n) is 4.91. The molecule has 9 heteroatoms. The second-order valence-corrected chi connectivity index (χ2v) is 7.75. The van der Waals surface area contributed by atoms with E-state index >= 15 is 0 Å². The van der Waals surface area contributed by atoms with Gasteiger partial charge in [-0.2, -0.15) is 13.2 Å². The van der Waals surface area contributed by atoms with E-state index in [4.69, 9.17) is 0 Å². The molecular formula is C15H11BrF3NO3S. The number of carbonyl (C=O) groups excluding carboxylic acids is 1. The highest BCUT2D eigenvalue weighted by Gasteiger charge is 2.33. The molecule has 0 fully saturated rings. The van der Waals surface area contributed by atoms with Gasteiger partial charge in [-0.05, 0) is 30.3 Å². The van der Waals surface area contributed by atoms with E-state index in [0.29, 0.717) is 0 Å². The fourth-order valence-corrected chi connectivity index (χ4v) is 3.35. The molecule has 2 aromatic carbocycles. The molecule has 1 N–H and O–H groups in total. The first kappa shape index (κ1) is 18.5. The molecule has 0 atom stereocenters. The number of hydrogen-bond acceptors (Lipinski definition) is 3. The highest BCUT2D eigenvalue weighted by Crippen LogP contribution is 2.36. The zero-order chi connectivity index (χ0) is 18.1. The van der Waals surface area contributed by atoms with Crippen molar-refractivity contribution >= 4 is 37.4 Å². The molecule has 0 spiro atoms. The van der Waals surface area contributed by atoms with Gasteiger partial charge in [0.2, 0.25) is 0 Å². The third kappa shape index (κ3) is 4.15. The molecule has 0 radical (unpaired) electrons. The smallest absolute Gasteiger partial charge is 0.322 e. The topological polar surface area (TPSA) is 63.2 Å². The molecular weight excluding hydrogens is 411 g/mol. The molecule has 4 nitrogen and oxygen atoms in total. The summed E-state index contributed by atoms with van der Waals surface area (Å²) in [6.07, 6.45) is -3.65. The van der Waals surface area contributed by atoms with Gasteiger partial charge in [0.25, 0.3) is 5.91 Å². The Morgan fingerprint density at radius 3 is 2.33 bits per heavy atom. The predicted molar refractivity (Wildman–Crippen MR) is 86.6 cm³/mol. The summed E-state index contributed by atoms with van der Waals surface area (Å²) >= 11 is 2.80. The highest BCUT2D eigenvalue weighted by atomic mass is 79.9. The third-order valence-corrected chi connectivity index (χ3v) is 4.91. The van der Waals surface area contributed by atoms with E-state index in [1.54, 1.807) is 0 Å². The monoisotopic (exact) mass is 421 g/mol. The van der Waals surface area contributed by atoms with Gasteiger partial charge in [-0.1, -0.05) is 28.1 Å². The minimum absolute atomic E-state index is 0.0983. The molecule has 0 aromatic heterocycles. The van der Waals surface area contributed by atoms with Crippen LogP contribution in [0.25, 0.3) is 0 Å². The van der Waals surface area contributed by atoms with Crippen molar-refractivity contribution in [1.29, 1.82) is 0 Å². The van der Waals surface area contributed by atoms with Crippen molar-refractivity contribution < 1.29 is 26.4 Å². The van der Waals surface area contributed by atoms with E-state index < -0.39 is 27.5 Å². The molecule has 2 rings (SSSR count). The Morgan fingerprint density at radius 1 is 1.12 bits per heavy atom. The summed E-state index contributed by atoms with van der Waals surface area (Å²) in [5, 5.41) is 2.29. The van der Waals surface area contributed by atoms with Crippen LogP contribution in [-0.4, -0.2) is 20.6 Å². The lowest BCUT2D eigenvalue weighted by Gasteiger charge is -2.13. The van der Waals surface area contributed by atoms with E-state index in [1.165, 1.54) is 30.3 Å². The Morgan fingerprint density at radius 2 is 1.75 bits per heavy atom. The van der Waals surface area contributed by atoms with Gasteiger partial charge < -0.3 is 5.32 Å². The SMILES string of the molecule is CS(=O)(=O)c1ccccc1C(=O)Nc1ccc(Br)c(C(F)(F)F)c1. The van der Waals surface area contributed by atoms with Gasteiger partial charge in [0.05, 0.1) is 16.0 Å². The van der Waals surface area contributed by atoms with Crippen molar-refractivity contribution in [2.45, 2.75) is 11.1 Å². The number of halogens is 4. The summed E-state index contributed by atoms with van der Waals surface area (Å²) in [6.45, 7) is 0. The molecule has 0 bridgehead atoms. The molecule has 0 saturated carbocycles. The number of rotatable bonds is 3. The van der Waals surface area contributed by atoms with Gasteiger partial charge in [0.1, 0.15) is 0 Å². The van der Waals surface area contributed by atoms with Crippen LogP contribution in [0.2, 0.25) is 0 Å². The molecule has 1 amide bonds. The van der Waals surface area contributed by atoms with Crippen molar-refractivity contribution in [1.82, 2.24) is 0 Å². The van der Waals surface area contributed by atoms with Crippen molar-refractivity contribution in [2.75, 3.05) is 11.6 Å². The molecule has 0 aliphatic carbocycles. The third-order valence-electron chi connectivity index (χ3n) is 3.06. The molecule has 0 heterocycles. The van der Waals surface area contributed by atoms with E-state index in [-0.39, 0.29) is 20.6 Å². The minimum atomic E-state index is -4.59. The summed E-state index contributed by atoms with van der Waals surface area (Å²) < 4.78 is 61.9. The number of hydrogen-bond donors (Lipinski definition) is 1. The Kier molecular flexibility index (Phi) is 5.05. The van der Waals surface area contributed by atoms with Gasteiger partial charge in [-0.15, -0.1) is 0 Å². The molecule has 0 saturated heterocycles. The first-order valence-electron chi connectivity index (χ1n) is 6.47. The number of nitrogens with one attached hydrogen (secondary N) is 1. The van der Waals surface area contributed by atoms with Gasteiger partial charge in [0.15, 0.2) is 9.84 Å². The first-order chi connectivity index (χ1) is 11.0. The average molecular weight is 422 g/mol. The summed E-state index contributed by atoms with van der Waals surface area (Å²) in [6, 6.07) is 8.66. The lowest BCUT2D eigenvalue weighted by Crippen LogP contribution is -2.16. The average Bonchev–Trinajstić information content (AvgIpc) is 2.47. The van der Waals surface area contributed by atoms with Crippen LogP contribution in [0, 0.1) is 0 Å². The van der Waals surface area contributed by atoms with Crippen LogP contribution in [0.5, 0.6) is 0 Å². The number of alkyl halides is 3. The zero-order valence-electron chi connectivity index (χ0n) is 12.2. The summed E-state index contributed by atoms with van der Waals surface area (Å²) in [5.41, 5.74) is -1.19. The molecule has 0 aliphatic rings. The zero-order valence-corrected chi connectivity index (χ0v) is 14.6. The summed E-state index contributed by atoms with van der Waals surface area (Å²) in [7, 11) is -3.66. The number of amides is 1. The fraction of sp³-hybridized carbons (Fsp3) is 0.133. The molecule has 0 aliphatic heterocycles. The van der Waals surface area contributed by atoms with E-state index in [1.807, 2.05) is 0 Å². The summed E-state index contributed by atoms with van der Waals surface area (Å²) in [4.78, 5) is 12.1. The van der Waals surface area contributed by atoms with Crippen LogP contribution in [0.3, 0.4) is 0 Å². The van der Waals surface area contributed by atoms with E-state index in [9.17, 15) is 26.4 Å². The summed E-state index contributed by atoms with van der Waals surface area (Å²) in [5.74, 6) is -0.813. The Bertz CT molecular complexity index is 895. The van der Waals surface area contributed by atoms with Crippen molar-refractivity contribution in [2.24, 2.45) is 0 Å². The van der Waals surface area contributed by atoms with Crippen LogP contribution in [0.1, 0.15) is 15.9 Å². The lowest BCUT2D eigenvalue weighted by molar-refractivity contribution is -0.138. The number of sulfone groups is 1. The van der Waals surface area contributed by atoms with Crippen LogP contribution < -0.4 is 5.32 Å². The standard InChI is InChI=1S/C15H11BrF3NO3S/c1-24(22,23)13-5-3-2-4-10(13)14(21)20-9-6-7-12(16)11(8-9)15(17,18)19/h2-8H,1H3,(H,20,21). The lowest BCUT2D eigenvalue weighted by atomic mass is 10.1. The minimum Gasteiger partial charge on any atom is -0.322 e. The van der Waals surface area contributed by atoms with Crippen LogP contribution in [0.4, 0.5) is 18.9 Å². The highest BCUT2D eigenvalue weighted by molar-refractivity contribution is 9.10. The van der Waals surface area contributed by atoms with Crippen LogP contribution in [-0.2, 0) is 16.0 Å². The van der Waals surface area contributed by atoms with E-state index in [2.05, 4.69) is 21.2 Å². The van der Waals surface area contributed by atoms with Crippen LogP contribution in [0.15, 0.2) is 51.8 Å². The normalized spacial score (nSPS) is 12.0. The molecule has 2 aromatic rings. The van der Waals surface area contributed by atoms with Crippen molar-refractivity contribution in [3.63, 3.8) is 0 Å². The van der Waals surface area contributed by atoms with Gasteiger partial charge >= 0.3 is 6.18 Å². The largest absolute Gasteiger partial charge is 0.417 e. The predicted octanol–water partition coefficient (Wildman–Crippen LogP) is 4.12. The maximum Gasteiger partial charge on any atom is 0.417 e. The van der Waals surface area contributed by atoms with Gasteiger partial charge in [0, 0.05) is 16.4 Å². The number of benzene rings is 2. The molecule has 128 valence electrons. The number of carbonyl (C=O) groups is 1. The molecule has 0 unspecified atom stereocenters. The van der Waals surface area contributed by atoms with Crippen molar-refractivity contribution in [3.05, 3.63) is 58.1 Å². The number of anilines is 1. The maximum absolute atomic E-state index is 12.9. The Balaban J connectivity index is 2.39. The van der Waals surface area contributed by atoms with Gasteiger partial charge in [-0.3, -0.25) is 4.79 Å². The Labute approximate surface area is 144 Å². The van der Waals surface area contributed by atoms with E-state index in [0.717, 1.165) is 18.4 Å². The first-order valence-corrected chi connectivity index (χ1v) is 9.16.